The molecule has 5 saturated heterocycles. The topological polar surface area (TPSA) is 160 Å². The maximum Gasteiger partial charge on any atom is 0.319 e. The molecule has 15 nitrogen and oxygen atoms in total. The fourth-order valence-electron chi connectivity index (χ4n) is 13.6. The smallest absolute Gasteiger partial charge is 0.319 e. The van der Waals surface area contributed by atoms with Crippen LogP contribution in [0.3, 0.4) is 0 Å². The van der Waals surface area contributed by atoms with Crippen LogP contribution in [-0.2, 0) is 22.6 Å². The van der Waals surface area contributed by atoms with E-state index in [1.807, 2.05) is 30.3 Å². The third-order valence-corrected chi connectivity index (χ3v) is 17.2. The van der Waals surface area contributed by atoms with Crippen LogP contribution in [0.1, 0.15) is 79.8 Å². The van der Waals surface area contributed by atoms with E-state index in [1.165, 1.54) is 12.8 Å². The van der Waals surface area contributed by atoms with Crippen molar-refractivity contribution in [3.8, 4) is 23.0 Å². The molecular weight excluding hydrogens is 888 g/mol. The first-order valence-electron chi connectivity index (χ1n) is 25.7. The summed E-state index contributed by atoms with van der Waals surface area (Å²) >= 11 is 0. The Kier molecular flexibility index (Phi) is 10.6. The van der Waals surface area contributed by atoms with Gasteiger partial charge in [-0.3, -0.25) is 29.6 Å². The zero-order valence-corrected chi connectivity index (χ0v) is 39.9. The molecule has 13 rings (SSSR count). The summed E-state index contributed by atoms with van der Waals surface area (Å²) < 4.78 is 23.7. The molecule has 2 saturated carbocycles. The highest BCUT2D eigenvalue weighted by Crippen LogP contribution is 2.55. The summed E-state index contributed by atoms with van der Waals surface area (Å²) in [5.41, 5.74) is 5.14. The van der Waals surface area contributed by atoms with Gasteiger partial charge >= 0.3 is 6.01 Å². The van der Waals surface area contributed by atoms with Gasteiger partial charge in [0.25, 0.3) is 5.91 Å². The van der Waals surface area contributed by atoms with Gasteiger partial charge in [-0.2, -0.15) is 9.97 Å². The van der Waals surface area contributed by atoms with E-state index in [-0.39, 0.29) is 52.5 Å². The molecule has 3 aromatic carbocycles. The zero-order valence-electron chi connectivity index (χ0n) is 39.9. The molecule has 3 amide bonds. The number of halogens is 1. The molecule has 2 aliphatic carbocycles. The van der Waals surface area contributed by atoms with Gasteiger partial charge in [-0.25, -0.2) is 4.39 Å². The third kappa shape index (κ3) is 7.81. The van der Waals surface area contributed by atoms with E-state index in [2.05, 4.69) is 43.2 Å². The average Bonchev–Trinajstić information content (AvgIpc) is 3.92. The van der Waals surface area contributed by atoms with Gasteiger partial charge in [0, 0.05) is 119 Å². The van der Waals surface area contributed by atoms with Crippen molar-refractivity contribution in [1.82, 2.24) is 40.3 Å². The van der Waals surface area contributed by atoms with Gasteiger partial charge < -0.3 is 34.8 Å². The lowest BCUT2D eigenvalue weighted by Crippen LogP contribution is -2.64. The number of nitrogens with zero attached hydrogens (tertiary/aromatic N) is 8. The van der Waals surface area contributed by atoms with E-state index in [9.17, 15) is 19.5 Å². The molecule has 2 bridgehead atoms. The Bertz CT molecular complexity index is 2950. The summed E-state index contributed by atoms with van der Waals surface area (Å²) in [6.45, 7) is 12.8. The van der Waals surface area contributed by atoms with Crippen LogP contribution in [0.5, 0.6) is 11.8 Å². The molecule has 364 valence electrons. The normalized spacial score (nSPS) is 25.1. The maximum absolute atomic E-state index is 17.2. The molecule has 3 N–H and O–H groups in total. The number of nitrogens with one attached hydrogen (secondary N) is 2. The Morgan fingerprint density at radius 3 is 2.46 bits per heavy atom. The van der Waals surface area contributed by atoms with E-state index in [4.69, 9.17) is 19.7 Å². The van der Waals surface area contributed by atoms with Gasteiger partial charge in [0.15, 0.2) is 5.82 Å². The van der Waals surface area contributed by atoms with Crippen LogP contribution in [-0.4, -0.2) is 143 Å². The Labute approximate surface area is 406 Å². The van der Waals surface area contributed by atoms with Crippen molar-refractivity contribution in [2.45, 2.75) is 89.4 Å². The first kappa shape index (κ1) is 44.0. The van der Waals surface area contributed by atoms with Gasteiger partial charge in [-0.15, -0.1) is 0 Å². The Balaban J connectivity index is 0.629. The lowest BCUT2D eigenvalue weighted by Gasteiger charge is -2.60. The van der Waals surface area contributed by atoms with Crippen molar-refractivity contribution in [1.29, 1.82) is 0 Å². The van der Waals surface area contributed by atoms with Crippen molar-refractivity contribution in [3.05, 3.63) is 77.2 Å². The molecule has 6 aliphatic heterocycles. The minimum atomic E-state index is -0.601. The summed E-state index contributed by atoms with van der Waals surface area (Å²) in [6.07, 6.45) is 10.0. The van der Waals surface area contributed by atoms with E-state index in [0.717, 1.165) is 131 Å². The SMILES string of the molecule is CCc1cccc2cc(O)cc(-c3ncc4c(N5CC6CCC(C5)N6)nc(OCC5(CN6CC7(CC(CN8CCN(c9ccc%10c(c9)CN([C@H]9CCC(=O)NC9=O)C%10=O)CC8)C7)C6)CC5)nc4c3F)c12. The molecule has 7 fully saturated rings. The van der Waals surface area contributed by atoms with Crippen LogP contribution in [0.15, 0.2) is 54.7 Å². The van der Waals surface area contributed by atoms with Crippen LogP contribution < -0.4 is 25.2 Å². The summed E-state index contributed by atoms with van der Waals surface area (Å²) in [4.78, 5) is 63.5. The molecular formula is C54H61FN10O5. The predicted molar refractivity (Wildman–Crippen MR) is 263 cm³/mol. The third-order valence-electron chi connectivity index (χ3n) is 17.2. The van der Waals surface area contributed by atoms with Crippen molar-refractivity contribution < 1.29 is 28.6 Å². The first-order chi connectivity index (χ1) is 34.0. The van der Waals surface area contributed by atoms with Crippen molar-refractivity contribution in [2.24, 2.45) is 16.7 Å². The van der Waals surface area contributed by atoms with E-state index < -0.39 is 11.9 Å². The number of piperidine rings is 1. The molecule has 0 radical (unpaired) electrons. The van der Waals surface area contributed by atoms with Crippen molar-refractivity contribution in [3.63, 3.8) is 0 Å². The second-order valence-electron chi connectivity index (χ2n) is 22.2. The second-order valence-corrected chi connectivity index (χ2v) is 22.2. The first-order valence-corrected chi connectivity index (χ1v) is 25.7. The predicted octanol–water partition coefficient (Wildman–Crippen LogP) is 5.65. The minimum absolute atomic E-state index is 0.0390. The van der Waals surface area contributed by atoms with Crippen LogP contribution in [0.4, 0.5) is 15.9 Å². The lowest BCUT2D eigenvalue weighted by atomic mass is 9.57. The number of imide groups is 1. The van der Waals surface area contributed by atoms with Gasteiger partial charge in [0.1, 0.15) is 28.8 Å². The number of carbonyl (C=O) groups excluding carboxylic acids is 3. The number of anilines is 2. The minimum Gasteiger partial charge on any atom is -0.508 e. The summed E-state index contributed by atoms with van der Waals surface area (Å²) in [7, 11) is 0. The number of rotatable bonds is 12. The highest BCUT2D eigenvalue weighted by molar-refractivity contribution is 6.06. The van der Waals surface area contributed by atoms with Crippen molar-refractivity contribution >= 4 is 50.9 Å². The van der Waals surface area contributed by atoms with Gasteiger partial charge in [-0.1, -0.05) is 25.1 Å². The van der Waals surface area contributed by atoms with Crippen LogP contribution in [0, 0.1) is 22.6 Å². The van der Waals surface area contributed by atoms with E-state index in [1.54, 1.807) is 23.2 Å². The molecule has 2 unspecified atom stereocenters. The number of likely N-dealkylation sites (tertiary alicyclic amines) is 1. The number of aromatic hydroxyl groups is 1. The number of hydrogen-bond acceptors (Lipinski definition) is 13. The van der Waals surface area contributed by atoms with Crippen molar-refractivity contribution in [2.75, 3.05) is 81.9 Å². The number of phenols is 1. The van der Waals surface area contributed by atoms with Crippen LogP contribution >= 0.6 is 0 Å². The van der Waals surface area contributed by atoms with Gasteiger partial charge in [0.05, 0.1) is 12.0 Å². The van der Waals surface area contributed by atoms with Crippen LogP contribution in [0.25, 0.3) is 32.9 Å². The molecule has 5 aromatic rings. The number of phenolic OH excluding ortho intramolecular Hbond substituents is 1. The number of amides is 3. The Morgan fingerprint density at radius 2 is 1.70 bits per heavy atom. The van der Waals surface area contributed by atoms with Gasteiger partial charge in [-0.05, 0) is 115 Å². The average molecular weight is 949 g/mol. The number of piperazine rings is 2. The quantitative estimate of drug-likeness (QED) is 0.132. The summed E-state index contributed by atoms with van der Waals surface area (Å²) in [6, 6.07) is 15.7. The van der Waals surface area contributed by atoms with E-state index >= 15 is 4.39 Å². The summed E-state index contributed by atoms with van der Waals surface area (Å²) in [5, 5.41) is 19.2. The van der Waals surface area contributed by atoms with E-state index in [0.29, 0.717) is 59.4 Å². The highest BCUT2D eigenvalue weighted by atomic mass is 19.1. The number of pyridine rings is 1. The molecule has 8 heterocycles. The number of benzene rings is 3. The molecule has 1 spiro atoms. The largest absolute Gasteiger partial charge is 0.508 e. The highest BCUT2D eigenvalue weighted by Gasteiger charge is 2.55. The number of carbonyl (C=O) groups is 3. The molecule has 70 heavy (non-hydrogen) atoms. The zero-order chi connectivity index (χ0) is 47.5. The number of aryl methyl sites for hydroxylation is 1. The fourth-order valence-corrected chi connectivity index (χ4v) is 13.6. The standard InChI is InChI=1S/C54H61FN10O5/c1-2-33-4-3-5-34-19-39(66)20-41(45(33)34)47-46(55)48-42(23-56-47)49(64-26-36-6-7-37(27-64)57-36)60-52(59-48)70-31-53(12-13-53)28-62-29-54(30-62)21-32(22-54)24-61-14-16-63(17-15-61)38-8-9-40-35(18-38)25-65(51(40)69)43-10-11-44(67)58-50(43)68/h3-5,8-9,18-20,23,32,36-37,43,57,66H,2,6-7,10-17,21-22,24-31H2,1H3,(H,58,67,68)/t36?,37?,43-/m0/s1. The monoisotopic (exact) mass is 948 g/mol. The number of hydrogen-bond donors (Lipinski definition) is 3. The maximum atomic E-state index is 17.2. The summed E-state index contributed by atoms with van der Waals surface area (Å²) in [5.74, 6) is 0.126. The molecule has 2 aromatic heterocycles. The lowest BCUT2D eigenvalue weighted by molar-refractivity contribution is -0.136. The number of ether oxygens (including phenoxy) is 1. The Hall–Kier alpha value is -5.97. The number of fused-ring (bicyclic) bond motifs is 5. The fraction of sp³-hybridized carbons (Fsp3) is 0.519. The van der Waals surface area contributed by atoms with Gasteiger partial charge in [0.2, 0.25) is 11.8 Å². The number of aromatic nitrogens is 3. The molecule has 16 heteroatoms. The van der Waals surface area contributed by atoms with Crippen LogP contribution in [0.2, 0.25) is 0 Å². The molecule has 8 aliphatic rings. The molecule has 3 atom stereocenters. The Morgan fingerprint density at radius 1 is 0.900 bits per heavy atom. The second kappa shape index (κ2) is 16.8.